The van der Waals surface area contributed by atoms with Gasteiger partial charge in [0.15, 0.2) is 0 Å². The fourth-order valence-corrected chi connectivity index (χ4v) is 3.64. The van der Waals surface area contributed by atoms with Crippen LogP contribution >= 0.6 is 23.2 Å². The van der Waals surface area contributed by atoms with Crippen LogP contribution in [0.25, 0.3) is 0 Å². The lowest BCUT2D eigenvalue weighted by Crippen LogP contribution is -2.48. The average Bonchev–Trinajstić information content (AvgIpc) is 2.70. The van der Waals surface area contributed by atoms with E-state index in [-0.39, 0.29) is 5.91 Å². The summed E-state index contributed by atoms with van der Waals surface area (Å²) < 4.78 is 0. The molecule has 1 aliphatic heterocycles. The van der Waals surface area contributed by atoms with Gasteiger partial charge in [0.25, 0.3) is 5.91 Å². The maximum absolute atomic E-state index is 12.2. The number of carbonyl (C=O) groups is 1. The van der Waals surface area contributed by atoms with Crippen LogP contribution in [-0.2, 0) is 11.3 Å². The molecule has 1 saturated heterocycles. The van der Waals surface area contributed by atoms with E-state index in [4.69, 9.17) is 23.2 Å². The van der Waals surface area contributed by atoms with Crippen LogP contribution in [-0.4, -0.2) is 54.1 Å². The molecule has 1 amide bonds. The maximum atomic E-state index is 12.2. The number of halogens is 2. The number of hydrazone groups is 1. The Morgan fingerprint density at radius 1 is 0.964 bits per heavy atom. The Bertz CT molecular complexity index is 848. The van der Waals surface area contributed by atoms with E-state index in [2.05, 4.69) is 26.4 Å². The molecule has 1 N–H and O–H groups in total. The first-order chi connectivity index (χ1) is 13.5. The number of piperazine rings is 1. The fourth-order valence-electron chi connectivity index (χ4n) is 3.17. The molecular formula is C21H24Cl2N4O. The molecule has 2 aromatic rings. The molecule has 1 heterocycles. The SMILES string of the molecule is C/C(=N/NC(=O)CN1CCN(Cc2ccccc2Cl)CC1)c1ccccc1Cl. The monoisotopic (exact) mass is 418 g/mol. The van der Waals surface area contributed by atoms with Crippen LogP contribution in [0.3, 0.4) is 0 Å². The van der Waals surface area contributed by atoms with Crippen LogP contribution in [0, 0.1) is 0 Å². The summed E-state index contributed by atoms with van der Waals surface area (Å²) in [6, 6.07) is 15.4. The second kappa shape index (κ2) is 10.0. The van der Waals surface area contributed by atoms with Gasteiger partial charge in [-0.3, -0.25) is 14.6 Å². The molecule has 0 bridgehead atoms. The third-order valence-electron chi connectivity index (χ3n) is 4.80. The number of hydrogen-bond acceptors (Lipinski definition) is 4. The van der Waals surface area contributed by atoms with E-state index in [9.17, 15) is 4.79 Å². The predicted molar refractivity (Wildman–Crippen MR) is 115 cm³/mol. The number of nitrogens with zero attached hydrogens (tertiary/aromatic N) is 3. The fraction of sp³-hybridized carbons (Fsp3) is 0.333. The standard InChI is InChI=1S/C21H24Cl2N4O/c1-16(18-7-3-5-9-20(18)23)24-25-21(28)15-27-12-10-26(11-13-27)14-17-6-2-4-8-19(17)22/h2-9H,10-15H2,1H3,(H,25,28)/b24-16-. The zero-order valence-electron chi connectivity index (χ0n) is 15.9. The topological polar surface area (TPSA) is 47.9 Å². The number of nitrogens with one attached hydrogen (secondary N) is 1. The molecule has 2 aromatic carbocycles. The van der Waals surface area contributed by atoms with E-state index in [1.807, 2.05) is 43.3 Å². The van der Waals surface area contributed by atoms with Crippen LogP contribution in [0.5, 0.6) is 0 Å². The van der Waals surface area contributed by atoms with E-state index in [0.717, 1.165) is 48.9 Å². The Balaban J connectivity index is 1.44. The number of amides is 1. The molecule has 0 atom stereocenters. The minimum Gasteiger partial charge on any atom is -0.296 e. The lowest BCUT2D eigenvalue weighted by Gasteiger charge is -2.34. The van der Waals surface area contributed by atoms with Gasteiger partial charge in [0.05, 0.1) is 12.3 Å². The Hall–Kier alpha value is -1.92. The van der Waals surface area contributed by atoms with Gasteiger partial charge in [-0.25, -0.2) is 5.43 Å². The third-order valence-corrected chi connectivity index (χ3v) is 5.49. The van der Waals surface area contributed by atoms with Crippen LogP contribution in [0.15, 0.2) is 53.6 Å². The van der Waals surface area contributed by atoms with Crippen molar-refractivity contribution in [3.63, 3.8) is 0 Å². The summed E-state index contributed by atoms with van der Waals surface area (Å²) in [7, 11) is 0. The van der Waals surface area contributed by atoms with E-state index >= 15 is 0 Å². The normalized spacial score (nSPS) is 16.2. The van der Waals surface area contributed by atoms with E-state index < -0.39 is 0 Å². The molecule has 1 fully saturated rings. The quantitative estimate of drug-likeness (QED) is 0.575. The van der Waals surface area contributed by atoms with Gasteiger partial charge >= 0.3 is 0 Å². The zero-order valence-corrected chi connectivity index (χ0v) is 17.4. The molecular weight excluding hydrogens is 395 g/mol. The molecule has 148 valence electrons. The molecule has 1 aliphatic rings. The smallest absolute Gasteiger partial charge is 0.254 e. The average molecular weight is 419 g/mol. The van der Waals surface area contributed by atoms with E-state index in [1.165, 1.54) is 0 Å². The summed E-state index contributed by atoms with van der Waals surface area (Å²) in [6.07, 6.45) is 0. The van der Waals surface area contributed by atoms with Crippen molar-refractivity contribution in [2.24, 2.45) is 5.10 Å². The highest BCUT2D eigenvalue weighted by atomic mass is 35.5. The van der Waals surface area contributed by atoms with Gasteiger partial charge in [-0.2, -0.15) is 5.10 Å². The molecule has 0 unspecified atom stereocenters. The maximum Gasteiger partial charge on any atom is 0.254 e. The molecule has 7 heteroatoms. The summed E-state index contributed by atoms with van der Waals surface area (Å²) in [6.45, 7) is 6.48. The highest BCUT2D eigenvalue weighted by Crippen LogP contribution is 2.18. The highest BCUT2D eigenvalue weighted by Gasteiger charge is 2.19. The van der Waals surface area contributed by atoms with Crippen molar-refractivity contribution < 1.29 is 4.79 Å². The van der Waals surface area contributed by atoms with E-state index in [0.29, 0.717) is 17.3 Å². The van der Waals surface area contributed by atoms with Crippen molar-refractivity contribution in [1.29, 1.82) is 0 Å². The van der Waals surface area contributed by atoms with Gasteiger partial charge in [0.2, 0.25) is 0 Å². The largest absolute Gasteiger partial charge is 0.296 e. The van der Waals surface area contributed by atoms with Crippen LogP contribution in [0.4, 0.5) is 0 Å². The first kappa shape index (κ1) is 20.8. The molecule has 0 radical (unpaired) electrons. The van der Waals surface area contributed by atoms with Gasteiger partial charge in [0, 0.05) is 48.3 Å². The summed E-state index contributed by atoms with van der Waals surface area (Å²) in [4.78, 5) is 16.7. The molecule has 5 nitrogen and oxygen atoms in total. The van der Waals surface area contributed by atoms with Crippen molar-refractivity contribution >= 4 is 34.8 Å². The molecule has 3 rings (SSSR count). The minimum atomic E-state index is -0.119. The second-order valence-corrected chi connectivity index (χ2v) is 7.67. The molecule has 28 heavy (non-hydrogen) atoms. The first-order valence-electron chi connectivity index (χ1n) is 9.29. The number of carbonyl (C=O) groups excluding carboxylic acids is 1. The summed E-state index contributed by atoms with van der Waals surface area (Å²) in [5, 5.41) is 5.60. The van der Waals surface area contributed by atoms with Crippen molar-refractivity contribution in [3.05, 3.63) is 69.7 Å². The number of benzene rings is 2. The van der Waals surface area contributed by atoms with Crippen LogP contribution in [0.1, 0.15) is 18.1 Å². The Morgan fingerprint density at radius 3 is 2.25 bits per heavy atom. The number of hydrogen-bond donors (Lipinski definition) is 1. The highest BCUT2D eigenvalue weighted by molar-refractivity contribution is 6.34. The van der Waals surface area contributed by atoms with Crippen LogP contribution < -0.4 is 5.43 Å². The predicted octanol–water partition coefficient (Wildman–Crippen LogP) is 3.65. The summed E-state index contributed by atoms with van der Waals surface area (Å²) in [5.41, 5.74) is 5.27. The minimum absolute atomic E-state index is 0.119. The Labute approximate surface area is 175 Å². The van der Waals surface area contributed by atoms with Gasteiger partial charge in [-0.05, 0) is 24.6 Å². The van der Waals surface area contributed by atoms with Gasteiger partial charge in [-0.1, -0.05) is 59.6 Å². The zero-order chi connectivity index (χ0) is 19.9. The van der Waals surface area contributed by atoms with Gasteiger partial charge < -0.3 is 0 Å². The lowest BCUT2D eigenvalue weighted by molar-refractivity contribution is -0.122. The van der Waals surface area contributed by atoms with E-state index in [1.54, 1.807) is 6.07 Å². The molecule has 0 saturated carbocycles. The molecule has 0 aliphatic carbocycles. The third kappa shape index (κ3) is 5.79. The van der Waals surface area contributed by atoms with Gasteiger partial charge in [-0.15, -0.1) is 0 Å². The molecule has 0 aromatic heterocycles. The van der Waals surface area contributed by atoms with Gasteiger partial charge in [0.1, 0.15) is 0 Å². The molecule has 0 spiro atoms. The second-order valence-electron chi connectivity index (χ2n) is 6.86. The van der Waals surface area contributed by atoms with Crippen LogP contribution in [0.2, 0.25) is 10.0 Å². The van der Waals surface area contributed by atoms with Crippen molar-refractivity contribution in [3.8, 4) is 0 Å². The Morgan fingerprint density at radius 2 is 1.57 bits per heavy atom. The summed E-state index contributed by atoms with van der Waals surface area (Å²) in [5.74, 6) is -0.119. The van der Waals surface area contributed by atoms with Crippen molar-refractivity contribution in [2.75, 3.05) is 32.7 Å². The summed E-state index contributed by atoms with van der Waals surface area (Å²) >= 11 is 12.4. The van der Waals surface area contributed by atoms with Crippen molar-refractivity contribution in [2.45, 2.75) is 13.5 Å². The lowest BCUT2D eigenvalue weighted by atomic mass is 10.1. The Kier molecular flexibility index (Phi) is 7.45. The van der Waals surface area contributed by atoms with Crippen molar-refractivity contribution in [1.82, 2.24) is 15.2 Å². The number of rotatable bonds is 6. The first-order valence-corrected chi connectivity index (χ1v) is 10.0.